The Morgan fingerprint density at radius 2 is 1.59 bits per heavy atom. The van der Waals surface area contributed by atoms with Crippen LogP contribution in [-0.2, 0) is 17.7 Å². The highest BCUT2D eigenvalue weighted by atomic mass is 32.1. The summed E-state index contributed by atoms with van der Waals surface area (Å²) in [6.07, 6.45) is 0.990. The quantitative estimate of drug-likeness (QED) is 0.676. The number of hydrogen-bond donors (Lipinski definition) is 2. The zero-order chi connectivity index (χ0) is 18.7. The molecule has 0 spiro atoms. The van der Waals surface area contributed by atoms with Crippen LogP contribution in [0.5, 0.6) is 0 Å². The monoisotopic (exact) mass is 384 g/mol. The van der Waals surface area contributed by atoms with Gasteiger partial charge in [-0.2, -0.15) is 0 Å². The molecular weight excluding hydrogens is 354 g/mol. The van der Waals surface area contributed by atoms with E-state index in [4.69, 9.17) is 17.0 Å². The molecule has 0 radical (unpaired) electrons. The zero-order valence-electron chi connectivity index (χ0n) is 15.9. The van der Waals surface area contributed by atoms with Gasteiger partial charge in [-0.1, -0.05) is 60.7 Å². The Kier molecular flexibility index (Phi) is 8.08. The first kappa shape index (κ1) is 19.8. The van der Waals surface area contributed by atoms with Crippen LogP contribution in [0.3, 0.4) is 0 Å². The molecule has 1 fully saturated rings. The maximum absolute atomic E-state index is 5.74. The third kappa shape index (κ3) is 6.94. The maximum Gasteiger partial charge on any atom is 0.169 e. The summed E-state index contributed by atoms with van der Waals surface area (Å²) in [6, 6.07) is 21.2. The second-order valence-corrected chi connectivity index (χ2v) is 7.37. The van der Waals surface area contributed by atoms with E-state index in [1.807, 2.05) is 0 Å². The molecule has 0 saturated carbocycles. The van der Waals surface area contributed by atoms with Crippen LogP contribution in [0.2, 0.25) is 0 Å². The number of nitrogens with zero attached hydrogens (tertiary/aromatic N) is 1. The van der Waals surface area contributed by atoms with Crippen LogP contribution >= 0.6 is 12.2 Å². The van der Waals surface area contributed by atoms with Gasteiger partial charge in [0.2, 0.25) is 0 Å². The minimum Gasteiger partial charge on any atom is -0.370 e. The molecule has 1 aliphatic heterocycles. The summed E-state index contributed by atoms with van der Waals surface area (Å²) in [5.41, 5.74) is 2.63. The zero-order valence-corrected chi connectivity index (χ0v) is 16.7. The van der Waals surface area contributed by atoms with Gasteiger partial charge in [0, 0.05) is 13.1 Å². The molecule has 1 saturated heterocycles. The molecule has 0 unspecified atom stereocenters. The van der Waals surface area contributed by atoms with Gasteiger partial charge in [0.05, 0.1) is 26.3 Å². The Hall–Kier alpha value is -1.95. The molecule has 4 nitrogen and oxygen atoms in total. The summed E-state index contributed by atoms with van der Waals surface area (Å²) in [5, 5.41) is 4.33. The highest BCUT2D eigenvalue weighted by Crippen LogP contribution is 2.07. The molecule has 1 heterocycles. The Morgan fingerprint density at radius 1 is 0.963 bits per heavy atom. The van der Waals surface area contributed by atoms with Crippen LogP contribution in [0.15, 0.2) is 60.7 Å². The number of ether oxygens (including phenoxy) is 1. The molecular formula is C22H30N3OS+. The number of benzene rings is 2. The third-order valence-electron chi connectivity index (χ3n) is 4.97. The van der Waals surface area contributed by atoms with Crippen molar-refractivity contribution in [2.45, 2.75) is 13.0 Å². The van der Waals surface area contributed by atoms with Gasteiger partial charge in [-0.15, -0.1) is 0 Å². The maximum atomic E-state index is 5.74. The van der Waals surface area contributed by atoms with Crippen molar-refractivity contribution < 1.29 is 9.64 Å². The lowest BCUT2D eigenvalue weighted by Crippen LogP contribution is -3.14. The number of thiocarbonyl (C=S) groups is 1. The summed E-state index contributed by atoms with van der Waals surface area (Å²) in [6.45, 7) is 7.67. The van der Waals surface area contributed by atoms with E-state index in [9.17, 15) is 0 Å². The predicted molar refractivity (Wildman–Crippen MR) is 114 cm³/mol. The summed E-state index contributed by atoms with van der Waals surface area (Å²) in [4.78, 5) is 3.88. The predicted octanol–water partition coefficient (Wildman–Crippen LogP) is 1.52. The Labute approximate surface area is 168 Å². The highest BCUT2D eigenvalue weighted by molar-refractivity contribution is 7.80. The van der Waals surface area contributed by atoms with Gasteiger partial charge in [-0.05, 0) is 29.8 Å². The van der Waals surface area contributed by atoms with E-state index >= 15 is 0 Å². The van der Waals surface area contributed by atoms with E-state index in [0.29, 0.717) is 0 Å². The fourth-order valence-electron chi connectivity index (χ4n) is 3.33. The van der Waals surface area contributed by atoms with Crippen molar-refractivity contribution >= 4 is 17.3 Å². The van der Waals surface area contributed by atoms with Crippen molar-refractivity contribution in [3.63, 3.8) is 0 Å². The van der Waals surface area contributed by atoms with E-state index in [1.165, 1.54) is 11.1 Å². The molecule has 0 bridgehead atoms. The first-order valence-corrected chi connectivity index (χ1v) is 10.2. The van der Waals surface area contributed by atoms with Crippen LogP contribution in [0.4, 0.5) is 0 Å². The normalized spacial score (nSPS) is 14.7. The summed E-state index contributed by atoms with van der Waals surface area (Å²) < 4.78 is 5.43. The molecule has 2 aromatic rings. The highest BCUT2D eigenvalue weighted by Gasteiger charge is 2.15. The SMILES string of the molecule is S=C(NCC[NH+]1CCOCC1)N(CCc1ccccc1)Cc1ccccc1. The van der Waals surface area contributed by atoms with E-state index < -0.39 is 0 Å². The van der Waals surface area contributed by atoms with Gasteiger partial charge in [-0.3, -0.25) is 0 Å². The van der Waals surface area contributed by atoms with Crippen LogP contribution in [0.1, 0.15) is 11.1 Å². The van der Waals surface area contributed by atoms with Gasteiger partial charge in [0.25, 0.3) is 0 Å². The van der Waals surface area contributed by atoms with Gasteiger partial charge in [0.15, 0.2) is 5.11 Å². The molecule has 27 heavy (non-hydrogen) atoms. The minimum atomic E-state index is 0.837. The lowest BCUT2D eigenvalue weighted by molar-refractivity contribution is -0.906. The lowest BCUT2D eigenvalue weighted by atomic mass is 10.1. The fourth-order valence-corrected chi connectivity index (χ4v) is 3.59. The second kappa shape index (κ2) is 11.0. The van der Waals surface area contributed by atoms with E-state index in [2.05, 4.69) is 70.9 Å². The number of quaternary nitrogens is 1. The van der Waals surface area contributed by atoms with Crippen molar-refractivity contribution in [2.75, 3.05) is 45.9 Å². The van der Waals surface area contributed by atoms with Crippen molar-refractivity contribution in [1.29, 1.82) is 0 Å². The van der Waals surface area contributed by atoms with Crippen LogP contribution < -0.4 is 10.2 Å². The number of nitrogens with one attached hydrogen (secondary N) is 2. The van der Waals surface area contributed by atoms with Gasteiger partial charge in [0.1, 0.15) is 13.1 Å². The molecule has 144 valence electrons. The summed E-state index contributed by atoms with van der Waals surface area (Å²) in [7, 11) is 0. The van der Waals surface area contributed by atoms with Crippen molar-refractivity contribution in [1.82, 2.24) is 10.2 Å². The molecule has 0 aliphatic carbocycles. The first-order chi connectivity index (χ1) is 13.3. The van der Waals surface area contributed by atoms with Gasteiger partial charge in [-0.25, -0.2) is 0 Å². The van der Waals surface area contributed by atoms with Crippen molar-refractivity contribution in [2.24, 2.45) is 0 Å². The molecule has 1 aliphatic rings. The lowest BCUT2D eigenvalue weighted by Gasteiger charge is -2.28. The van der Waals surface area contributed by atoms with Crippen molar-refractivity contribution in [3.05, 3.63) is 71.8 Å². The van der Waals surface area contributed by atoms with Crippen LogP contribution in [0, 0.1) is 0 Å². The second-order valence-electron chi connectivity index (χ2n) is 6.99. The largest absolute Gasteiger partial charge is 0.370 e. The average molecular weight is 385 g/mol. The third-order valence-corrected chi connectivity index (χ3v) is 5.37. The Balaban J connectivity index is 1.53. The fraction of sp³-hybridized carbons (Fsp3) is 0.409. The molecule has 2 aromatic carbocycles. The van der Waals surface area contributed by atoms with E-state index in [-0.39, 0.29) is 0 Å². The van der Waals surface area contributed by atoms with Crippen LogP contribution in [-0.4, -0.2) is 55.9 Å². The standard InChI is InChI=1S/C22H29N3OS/c27-22(23-12-14-24-15-17-26-18-16-24)25(19-21-9-5-2-6-10-21)13-11-20-7-3-1-4-8-20/h1-10H,11-19H2,(H,23,27)/p+1. The number of morpholine rings is 1. The summed E-state index contributed by atoms with van der Waals surface area (Å²) >= 11 is 5.74. The summed E-state index contributed by atoms with van der Waals surface area (Å²) in [5.74, 6) is 0. The molecule has 0 amide bonds. The molecule has 2 N–H and O–H groups in total. The Bertz CT molecular complexity index is 674. The molecule has 0 aromatic heterocycles. The van der Waals surface area contributed by atoms with Crippen molar-refractivity contribution in [3.8, 4) is 0 Å². The Morgan fingerprint density at radius 3 is 2.26 bits per heavy atom. The van der Waals surface area contributed by atoms with E-state index in [0.717, 1.165) is 64.0 Å². The first-order valence-electron chi connectivity index (χ1n) is 9.83. The van der Waals surface area contributed by atoms with Gasteiger partial charge >= 0.3 is 0 Å². The average Bonchev–Trinajstić information content (AvgIpc) is 2.73. The topological polar surface area (TPSA) is 28.9 Å². The molecule has 5 heteroatoms. The smallest absolute Gasteiger partial charge is 0.169 e. The number of hydrogen-bond acceptors (Lipinski definition) is 2. The van der Waals surface area contributed by atoms with Crippen LogP contribution in [0.25, 0.3) is 0 Å². The number of rotatable bonds is 8. The van der Waals surface area contributed by atoms with Gasteiger partial charge < -0.3 is 19.9 Å². The molecule has 0 atom stereocenters. The minimum absolute atomic E-state index is 0.837. The van der Waals surface area contributed by atoms with E-state index in [1.54, 1.807) is 4.90 Å². The molecule has 3 rings (SSSR count).